The zero-order chi connectivity index (χ0) is 20.9. The molecule has 5 nitrogen and oxygen atoms in total. The second-order valence-corrected chi connectivity index (χ2v) is 6.33. The van der Waals surface area contributed by atoms with Crippen molar-refractivity contribution in [1.82, 2.24) is 9.80 Å². The summed E-state index contributed by atoms with van der Waals surface area (Å²) in [5, 5.41) is 8.97. The van der Waals surface area contributed by atoms with Gasteiger partial charge in [-0.1, -0.05) is 42.5 Å². The van der Waals surface area contributed by atoms with Crippen molar-refractivity contribution in [3.05, 3.63) is 59.7 Å². The summed E-state index contributed by atoms with van der Waals surface area (Å²) < 4.78 is 39.5. The number of nitrogens with zero attached hydrogens (tertiary/aromatic N) is 2. The molecule has 1 N–H and O–H groups in total. The third kappa shape index (κ3) is 5.32. The predicted molar refractivity (Wildman–Crippen MR) is 98.6 cm³/mol. The Morgan fingerprint density at radius 3 is 2.18 bits per heavy atom. The number of imide groups is 1. The van der Waals surface area contributed by atoms with E-state index in [-0.39, 0.29) is 18.7 Å². The molecule has 0 saturated carbocycles. The zero-order valence-corrected chi connectivity index (χ0v) is 15.5. The summed E-state index contributed by atoms with van der Waals surface area (Å²) in [6.45, 7) is 1.90. The molecule has 0 spiro atoms. The Kier molecular flexibility index (Phi) is 6.80. The Bertz CT molecular complexity index is 835. The van der Waals surface area contributed by atoms with Crippen LogP contribution < -0.4 is 0 Å². The van der Waals surface area contributed by atoms with E-state index in [1.807, 2.05) is 0 Å². The van der Waals surface area contributed by atoms with Gasteiger partial charge in [0.2, 0.25) is 5.91 Å². The van der Waals surface area contributed by atoms with Crippen molar-refractivity contribution >= 4 is 12.0 Å². The maximum absolute atomic E-state index is 13.2. The molecule has 0 fully saturated rings. The first-order chi connectivity index (χ1) is 13.1. The molecule has 0 saturated heterocycles. The highest BCUT2D eigenvalue weighted by molar-refractivity contribution is 5.92. The zero-order valence-electron chi connectivity index (χ0n) is 15.5. The number of hydrogen-bond donors (Lipinski definition) is 1. The molecule has 2 aromatic rings. The fourth-order valence-electron chi connectivity index (χ4n) is 2.87. The van der Waals surface area contributed by atoms with Gasteiger partial charge in [-0.3, -0.25) is 9.69 Å². The van der Waals surface area contributed by atoms with Gasteiger partial charge >= 0.3 is 12.3 Å². The molecule has 0 aliphatic rings. The first-order valence-corrected chi connectivity index (χ1v) is 8.60. The monoisotopic (exact) mass is 394 g/mol. The third-order valence-corrected chi connectivity index (χ3v) is 4.20. The molecule has 0 atom stereocenters. The lowest BCUT2D eigenvalue weighted by atomic mass is 9.98. The minimum Gasteiger partial charge on any atom is -0.465 e. The van der Waals surface area contributed by atoms with Crippen molar-refractivity contribution in [3.8, 4) is 11.1 Å². The van der Waals surface area contributed by atoms with Gasteiger partial charge in [-0.05, 0) is 36.7 Å². The molecule has 0 aromatic heterocycles. The number of carbonyl (C=O) groups excluding carboxylic acids is 1. The van der Waals surface area contributed by atoms with Crippen LogP contribution in [-0.4, -0.2) is 47.0 Å². The van der Waals surface area contributed by atoms with E-state index in [2.05, 4.69) is 0 Å². The molecule has 2 amide bonds. The molecular formula is C20H21F3N2O3. The van der Waals surface area contributed by atoms with Gasteiger partial charge in [0, 0.05) is 13.1 Å². The van der Waals surface area contributed by atoms with Crippen molar-refractivity contribution in [2.24, 2.45) is 0 Å². The molecule has 2 rings (SSSR count). The van der Waals surface area contributed by atoms with Gasteiger partial charge in [0.1, 0.15) is 0 Å². The van der Waals surface area contributed by atoms with Gasteiger partial charge in [-0.25, -0.2) is 9.69 Å². The van der Waals surface area contributed by atoms with E-state index < -0.39 is 23.7 Å². The number of benzene rings is 2. The number of carboxylic acid groups (broad SMARTS) is 1. The largest absolute Gasteiger partial charge is 0.465 e. The smallest absolute Gasteiger partial charge is 0.417 e. The Balaban J connectivity index is 2.10. The van der Waals surface area contributed by atoms with Crippen LogP contribution in [0.15, 0.2) is 48.5 Å². The SMILES string of the molecule is CCN(C(=O)O)C(=O)CN(C)Cc1ccc(-c2ccccc2C(F)(F)F)cc1. The summed E-state index contributed by atoms with van der Waals surface area (Å²) in [6.07, 6.45) is -5.74. The molecule has 0 aliphatic carbocycles. The first kappa shape index (κ1) is 21.4. The van der Waals surface area contributed by atoms with Crippen LogP contribution in [0.3, 0.4) is 0 Å². The predicted octanol–water partition coefficient (Wildman–Crippen LogP) is 4.33. The van der Waals surface area contributed by atoms with Gasteiger partial charge in [-0.2, -0.15) is 13.2 Å². The Labute approximate surface area is 161 Å². The maximum Gasteiger partial charge on any atom is 0.417 e. The number of amides is 2. The van der Waals surface area contributed by atoms with E-state index >= 15 is 0 Å². The van der Waals surface area contributed by atoms with E-state index in [1.165, 1.54) is 12.1 Å². The highest BCUT2D eigenvalue weighted by Crippen LogP contribution is 2.36. The minimum atomic E-state index is -4.44. The quantitative estimate of drug-likeness (QED) is 0.792. The van der Waals surface area contributed by atoms with Gasteiger partial charge in [0.15, 0.2) is 0 Å². The molecule has 2 aromatic carbocycles. The van der Waals surface area contributed by atoms with Gasteiger partial charge in [0.25, 0.3) is 0 Å². The highest BCUT2D eigenvalue weighted by atomic mass is 19.4. The molecule has 0 heterocycles. The molecular weight excluding hydrogens is 373 g/mol. The molecule has 0 radical (unpaired) electrons. The average Bonchev–Trinajstić information content (AvgIpc) is 2.61. The van der Waals surface area contributed by atoms with Crippen molar-refractivity contribution in [2.45, 2.75) is 19.6 Å². The number of halogens is 3. The fourth-order valence-corrected chi connectivity index (χ4v) is 2.87. The third-order valence-electron chi connectivity index (χ3n) is 4.20. The second kappa shape index (κ2) is 8.88. The Hall–Kier alpha value is -2.87. The van der Waals surface area contributed by atoms with E-state index in [9.17, 15) is 22.8 Å². The summed E-state index contributed by atoms with van der Waals surface area (Å²) in [6, 6.07) is 12.0. The van der Waals surface area contributed by atoms with E-state index in [4.69, 9.17) is 5.11 Å². The summed E-state index contributed by atoms with van der Waals surface area (Å²) in [4.78, 5) is 25.3. The van der Waals surface area contributed by atoms with Crippen molar-refractivity contribution in [2.75, 3.05) is 20.1 Å². The summed E-state index contributed by atoms with van der Waals surface area (Å²) >= 11 is 0. The van der Waals surface area contributed by atoms with Gasteiger partial charge in [0.05, 0.1) is 12.1 Å². The standard InChI is InChI=1S/C20H21F3N2O3/c1-3-25(19(27)28)18(26)13-24(2)12-14-8-10-15(11-9-14)16-6-4-5-7-17(16)20(21,22)23/h4-11H,3,12-13H2,1-2H3,(H,27,28). The lowest BCUT2D eigenvalue weighted by Crippen LogP contribution is -2.41. The summed E-state index contributed by atoms with van der Waals surface area (Å²) in [7, 11) is 1.67. The van der Waals surface area contributed by atoms with E-state index in [0.29, 0.717) is 12.1 Å². The normalized spacial score (nSPS) is 11.5. The maximum atomic E-state index is 13.2. The fraction of sp³-hybridized carbons (Fsp3) is 0.300. The van der Waals surface area contributed by atoms with Crippen LogP contribution in [0, 0.1) is 0 Å². The van der Waals surface area contributed by atoms with Crippen LogP contribution in [0.1, 0.15) is 18.1 Å². The van der Waals surface area contributed by atoms with Gasteiger partial charge in [-0.15, -0.1) is 0 Å². The Morgan fingerprint density at radius 1 is 1.04 bits per heavy atom. The van der Waals surface area contributed by atoms with Crippen LogP contribution in [-0.2, 0) is 17.5 Å². The topological polar surface area (TPSA) is 60.9 Å². The number of carbonyl (C=O) groups is 2. The first-order valence-electron chi connectivity index (χ1n) is 8.60. The molecule has 0 bridgehead atoms. The lowest BCUT2D eigenvalue weighted by molar-refractivity contribution is -0.137. The number of hydrogen-bond acceptors (Lipinski definition) is 3. The summed E-state index contributed by atoms with van der Waals surface area (Å²) in [5.41, 5.74) is 0.643. The van der Waals surface area contributed by atoms with Crippen molar-refractivity contribution in [3.63, 3.8) is 0 Å². The number of alkyl halides is 3. The van der Waals surface area contributed by atoms with Gasteiger partial charge < -0.3 is 5.11 Å². The highest BCUT2D eigenvalue weighted by Gasteiger charge is 2.33. The van der Waals surface area contributed by atoms with Crippen LogP contribution >= 0.6 is 0 Å². The molecule has 150 valence electrons. The number of likely N-dealkylation sites (N-methyl/N-ethyl adjacent to an activating group) is 2. The van der Waals surface area contributed by atoms with E-state index in [0.717, 1.165) is 16.5 Å². The molecule has 0 unspecified atom stereocenters. The molecule has 0 aliphatic heterocycles. The van der Waals surface area contributed by atoms with Crippen molar-refractivity contribution < 1.29 is 27.9 Å². The van der Waals surface area contributed by atoms with Crippen LogP contribution in [0.5, 0.6) is 0 Å². The second-order valence-electron chi connectivity index (χ2n) is 6.33. The van der Waals surface area contributed by atoms with Crippen LogP contribution in [0.4, 0.5) is 18.0 Å². The lowest BCUT2D eigenvalue weighted by Gasteiger charge is -2.21. The Morgan fingerprint density at radius 2 is 1.64 bits per heavy atom. The number of rotatable bonds is 6. The minimum absolute atomic E-state index is 0.0648. The van der Waals surface area contributed by atoms with E-state index in [1.54, 1.807) is 49.2 Å². The molecule has 28 heavy (non-hydrogen) atoms. The van der Waals surface area contributed by atoms with Crippen molar-refractivity contribution in [1.29, 1.82) is 0 Å². The molecule has 8 heteroatoms. The van der Waals surface area contributed by atoms with Crippen LogP contribution in [0.2, 0.25) is 0 Å². The summed E-state index contributed by atoms with van der Waals surface area (Å²) in [5.74, 6) is -0.534. The van der Waals surface area contributed by atoms with Crippen LogP contribution in [0.25, 0.3) is 11.1 Å². The average molecular weight is 394 g/mol.